The Morgan fingerprint density at radius 3 is 2.40 bits per heavy atom. The molecule has 104 valence electrons. The predicted molar refractivity (Wildman–Crippen MR) is 88.7 cm³/mol. The molecule has 0 bridgehead atoms. The zero-order chi connectivity index (χ0) is 14.7. The number of aryl methyl sites for hydroxylation is 1. The van der Waals surface area contributed by atoms with Gasteiger partial charge in [0.25, 0.3) is 0 Å². The lowest BCUT2D eigenvalue weighted by Crippen LogP contribution is -2.14. The van der Waals surface area contributed by atoms with Gasteiger partial charge in [-0.25, -0.2) is 4.98 Å². The number of hydrogen-bond donors (Lipinski definition) is 2. The largest absolute Gasteiger partial charge is 0.389 e. The third-order valence-corrected chi connectivity index (χ3v) is 3.45. The summed E-state index contributed by atoms with van der Waals surface area (Å²) < 4.78 is 0. The predicted octanol–water partition coefficient (Wildman–Crippen LogP) is 3.89. The summed E-state index contributed by atoms with van der Waals surface area (Å²) in [7, 11) is 0. The summed E-state index contributed by atoms with van der Waals surface area (Å²) in [5.41, 5.74) is 9.89. The minimum absolute atomic E-state index is 0.358. The zero-order valence-electron chi connectivity index (χ0n) is 12.0. The van der Waals surface area contributed by atoms with Crippen molar-refractivity contribution >= 4 is 28.7 Å². The van der Waals surface area contributed by atoms with Crippen LogP contribution in [0.3, 0.4) is 0 Å². The molecule has 0 fully saturated rings. The van der Waals surface area contributed by atoms with E-state index in [1.165, 1.54) is 5.56 Å². The molecule has 3 nitrogen and oxygen atoms in total. The van der Waals surface area contributed by atoms with Gasteiger partial charge in [-0.3, -0.25) is 0 Å². The van der Waals surface area contributed by atoms with Crippen LogP contribution in [-0.4, -0.2) is 9.97 Å². The highest BCUT2D eigenvalue weighted by Crippen LogP contribution is 2.23. The summed E-state index contributed by atoms with van der Waals surface area (Å²) in [6.45, 7) is 6.33. The van der Waals surface area contributed by atoms with Crippen LogP contribution in [-0.2, 0) is 0 Å². The van der Waals surface area contributed by atoms with E-state index in [1.807, 2.05) is 25.1 Å². The molecule has 4 heteroatoms. The molecule has 0 unspecified atom stereocenters. The number of nitrogens with one attached hydrogen (secondary N) is 1. The Balaban J connectivity index is 2.30. The van der Waals surface area contributed by atoms with Crippen molar-refractivity contribution in [3.63, 3.8) is 0 Å². The molecule has 0 saturated heterocycles. The maximum Gasteiger partial charge on any atom is 0.140 e. The summed E-state index contributed by atoms with van der Waals surface area (Å²) in [6.07, 6.45) is 1.75. The summed E-state index contributed by atoms with van der Waals surface area (Å²) in [5.74, 6) is 1.23. The van der Waals surface area contributed by atoms with Crippen LogP contribution in [0.5, 0.6) is 0 Å². The number of thiocarbonyl (C=S) groups is 1. The Bertz CT molecular complexity index is 618. The maximum absolute atomic E-state index is 5.78. The minimum Gasteiger partial charge on any atom is -0.389 e. The molecule has 0 aliphatic rings. The van der Waals surface area contributed by atoms with Crippen molar-refractivity contribution in [1.29, 1.82) is 0 Å². The van der Waals surface area contributed by atoms with Gasteiger partial charge in [-0.2, -0.15) is 0 Å². The monoisotopic (exact) mass is 285 g/mol. The molecule has 0 aliphatic heterocycles. The molecular formula is C16H19N3S. The van der Waals surface area contributed by atoms with Gasteiger partial charge in [0.1, 0.15) is 10.8 Å². The highest BCUT2D eigenvalue weighted by atomic mass is 32.1. The number of anilines is 2. The average molecular weight is 285 g/mol. The smallest absolute Gasteiger partial charge is 0.140 e. The first-order valence-corrected chi connectivity index (χ1v) is 7.02. The summed E-state index contributed by atoms with van der Waals surface area (Å²) in [6, 6.07) is 10.2. The molecule has 1 heterocycles. The lowest BCUT2D eigenvalue weighted by molar-refractivity contribution is 0.867. The first-order chi connectivity index (χ1) is 9.49. The van der Waals surface area contributed by atoms with Crippen molar-refractivity contribution in [3.8, 4) is 0 Å². The van der Waals surface area contributed by atoms with Crippen molar-refractivity contribution in [2.24, 2.45) is 5.73 Å². The number of benzene rings is 1. The van der Waals surface area contributed by atoms with E-state index in [1.54, 1.807) is 6.20 Å². The fourth-order valence-corrected chi connectivity index (χ4v) is 2.31. The summed E-state index contributed by atoms with van der Waals surface area (Å²) >= 11 is 5.11. The summed E-state index contributed by atoms with van der Waals surface area (Å²) in [4.78, 5) is 4.69. The molecule has 0 atom stereocenters. The van der Waals surface area contributed by atoms with Gasteiger partial charge in [-0.15, -0.1) is 0 Å². The Morgan fingerprint density at radius 1 is 1.20 bits per heavy atom. The van der Waals surface area contributed by atoms with Gasteiger partial charge in [0.2, 0.25) is 0 Å². The lowest BCUT2D eigenvalue weighted by Gasteiger charge is -2.13. The van der Waals surface area contributed by atoms with E-state index >= 15 is 0 Å². The van der Waals surface area contributed by atoms with Gasteiger partial charge < -0.3 is 11.1 Å². The molecule has 20 heavy (non-hydrogen) atoms. The second-order valence-corrected chi connectivity index (χ2v) is 5.56. The fraction of sp³-hybridized carbons (Fsp3) is 0.250. The van der Waals surface area contributed by atoms with Crippen LogP contribution >= 0.6 is 12.2 Å². The Hall–Kier alpha value is -1.94. The molecular weight excluding hydrogens is 266 g/mol. The van der Waals surface area contributed by atoms with Crippen LogP contribution in [0.15, 0.2) is 36.5 Å². The molecule has 2 aromatic rings. The SMILES string of the molecule is Cc1ccnc(Nc2ccc(C(C)C)cc2)c1C(N)=S. The van der Waals surface area contributed by atoms with Gasteiger partial charge in [-0.05, 0) is 42.2 Å². The third-order valence-electron chi connectivity index (χ3n) is 3.25. The van der Waals surface area contributed by atoms with Gasteiger partial charge >= 0.3 is 0 Å². The molecule has 0 radical (unpaired) electrons. The van der Waals surface area contributed by atoms with Gasteiger partial charge in [0.15, 0.2) is 0 Å². The lowest BCUT2D eigenvalue weighted by atomic mass is 10.0. The molecule has 0 spiro atoms. The first-order valence-electron chi connectivity index (χ1n) is 6.61. The standard InChI is InChI=1S/C16H19N3S/c1-10(2)12-4-6-13(7-5-12)19-16-14(15(17)20)11(3)8-9-18-16/h4-10H,1-3H3,(H2,17,20)(H,18,19). The van der Waals surface area contributed by atoms with Crippen molar-refractivity contribution in [2.45, 2.75) is 26.7 Å². The molecule has 1 aromatic heterocycles. The van der Waals surface area contributed by atoms with Gasteiger partial charge in [0.05, 0.1) is 5.56 Å². The van der Waals surface area contributed by atoms with Crippen molar-refractivity contribution in [1.82, 2.24) is 4.98 Å². The number of pyridine rings is 1. The van der Waals surface area contributed by atoms with Crippen molar-refractivity contribution in [3.05, 3.63) is 53.2 Å². The van der Waals surface area contributed by atoms with Crippen molar-refractivity contribution in [2.75, 3.05) is 5.32 Å². The quantitative estimate of drug-likeness (QED) is 0.837. The number of hydrogen-bond acceptors (Lipinski definition) is 3. The number of nitrogens with zero attached hydrogens (tertiary/aromatic N) is 1. The Labute approximate surface area is 125 Å². The van der Waals surface area contributed by atoms with E-state index in [0.29, 0.717) is 16.7 Å². The number of nitrogens with two attached hydrogens (primary N) is 1. The third kappa shape index (κ3) is 3.14. The minimum atomic E-state index is 0.358. The number of rotatable bonds is 4. The molecule has 0 saturated carbocycles. The average Bonchev–Trinajstić information content (AvgIpc) is 2.39. The van der Waals surface area contributed by atoms with Crippen LogP contribution in [0.4, 0.5) is 11.5 Å². The van der Waals surface area contributed by atoms with Crippen molar-refractivity contribution < 1.29 is 0 Å². The Kier molecular flexibility index (Phi) is 4.35. The maximum atomic E-state index is 5.78. The second kappa shape index (κ2) is 6.01. The van der Waals surface area contributed by atoms with E-state index in [4.69, 9.17) is 18.0 Å². The normalized spacial score (nSPS) is 10.6. The van der Waals surface area contributed by atoms with Crippen LogP contribution in [0.2, 0.25) is 0 Å². The number of aromatic nitrogens is 1. The molecule has 3 N–H and O–H groups in total. The van der Waals surface area contributed by atoms with E-state index in [2.05, 4.69) is 36.3 Å². The molecule has 0 aliphatic carbocycles. The molecule has 0 amide bonds. The molecule has 2 rings (SSSR count). The van der Waals surface area contributed by atoms with E-state index < -0.39 is 0 Å². The van der Waals surface area contributed by atoms with E-state index in [0.717, 1.165) is 16.8 Å². The van der Waals surface area contributed by atoms with Crippen LogP contribution in [0, 0.1) is 6.92 Å². The topological polar surface area (TPSA) is 50.9 Å². The summed E-state index contributed by atoms with van der Waals surface area (Å²) in [5, 5.41) is 3.28. The molecule has 1 aromatic carbocycles. The van der Waals surface area contributed by atoms with Gasteiger partial charge in [0, 0.05) is 11.9 Å². The first kappa shape index (κ1) is 14.5. The van der Waals surface area contributed by atoms with Gasteiger partial charge in [-0.1, -0.05) is 38.2 Å². The highest BCUT2D eigenvalue weighted by molar-refractivity contribution is 7.80. The van der Waals surface area contributed by atoms with E-state index in [9.17, 15) is 0 Å². The van der Waals surface area contributed by atoms with Crippen LogP contribution < -0.4 is 11.1 Å². The van der Waals surface area contributed by atoms with E-state index in [-0.39, 0.29) is 0 Å². The highest BCUT2D eigenvalue weighted by Gasteiger charge is 2.10. The fourth-order valence-electron chi connectivity index (χ4n) is 2.05. The zero-order valence-corrected chi connectivity index (χ0v) is 12.8. The Morgan fingerprint density at radius 2 is 1.85 bits per heavy atom. The van der Waals surface area contributed by atoms with Crippen LogP contribution in [0.25, 0.3) is 0 Å². The second-order valence-electron chi connectivity index (χ2n) is 5.12. The van der Waals surface area contributed by atoms with Crippen LogP contribution in [0.1, 0.15) is 36.5 Å².